The predicted molar refractivity (Wildman–Crippen MR) is 227 cm³/mol. The van der Waals surface area contributed by atoms with E-state index in [9.17, 15) is 18.8 Å². The van der Waals surface area contributed by atoms with E-state index in [2.05, 4.69) is 52.0 Å². The van der Waals surface area contributed by atoms with Crippen LogP contribution in [0.3, 0.4) is 0 Å². The smallest absolute Gasteiger partial charge is 0.255 e. The van der Waals surface area contributed by atoms with E-state index in [0.717, 1.165) is 127 Å². The number of halogens is 2. The Kier molecular flexibility index (Phi) is 12.2. The molecule has 0 spiro atoms. The molecular weight excluding hydrogens is 783 g/mol. The van der Waals surface area contributed by atoms with E-state index in [4.69, 9.17) is 4.74 Å². The van der Waals surface area contributed by atoms with Crippen molar-refractivity contribution in [2.24, 2.45) is 11.8 Å². The number of anilines is 2. The van der Waals surface area contributed by atoms with Crippen molar-refractivity contribution in [1.29, 1.82) is 0 Å². The van der Waals surface area contributed by atoms with Crippen LogP contribution >= 0.6 is 0 Å². The highest BCUT2D eigenvalue weighted by Crippen LogP contribution is 2.35. The van der Waals surface area contributed by atoms with Gasteiger partial charge in [-0.3, -0.25) is 24.8 Å². The van der Waals surface area contributed by atoms with E-state index >= 15 is 4.39 Å². The van der Waals surface area contributed by atoms with Gasteiger partial charge in [0.05, 0.1) is 23.5 Å². The molecule has 2 N–H and O–H groups in total. The lowest BCUT2D eigenvalue weighted by Crippen LogP contribution is -2.52. The van der Waals surface area contributed by atoms with Crippen LogP contribution in [0.25, 0.3) is 22.3 Å². The van der Waals surface area contributed by atoms with Gasteiger partial charge in [-0.2, -0.15) is 5.10 Å². The number of piperazine rings is 1. The zero-order valence-corrected chi connectivity index (χ0v) is 35.0. The molecule has 3 amide bonds. The number of carbonyl (C=O) groups is 3. The van der Waals surface area contributed by atoms with Crippen LogP contribution in [-0.2, 0) is 16.1 Å². The number of piperidine rings is 3. The number of ether oxygens (including phenoxy) is 1. The molecular formula is C45H56F2N10O4. The first kappa shape index (κ1) is 41.1. The fourth-order valence-electron chi connectivity index (χ4n) is 9.91. The number of unbranched alkanes of at least 4 members (excludes halogenated alkanes) is 2. The zero-order chi connectivity index (χ0) is 42.0. The minimum absolute atomic E-state index is 0.186. The highest BCUT2D eigenvalue weighted by atomic mass is 19.1. The van der Waals surface area contributed by atoms with Crippen LogP contribution in [0.2, 0.25) is 0 Å². The summed E-state index contributed by atoms with van der Waals surface area (Å²) in [5, 5.41) is 10.6. The standard InChI is InChI=1S/C45H56F2N10O4/c1-2-3-4-19-61-40-22-33-36(23-35(40)47)51-52-43(33)37-24-41(49-28-48-37)56-13-9-30(10-14-56)26-54-17-15-53(16-18-54)25-29-7-11-55(12-8-29)39-20-31-27-57(45(60)32(31)21-34(39)46)38-5-6-42(58)50-44(38)59/h20-24,28-30,38H,2-19,25-27H2,1H3,(H,51,52)(H,50,58,59). The molecule has 16 heteroatoms. The molecule has 7 heterocycles. The Labute approximate surface area is 355 Å². The van der Waals surface area contributed by atoms with Crippen molar-refractivity contribution in [2.75, 3.05) is 81.9 Å². The van der Waals surface area contributed by atoms with Crippen molar-refractivity contribution in [2.45, 2.75) is 77.3 Å². The number of rotatable bonds is 13. The molecule has 2 aromatic heterocycles. The summed E-state index contributed by atoms with van der Waals surface area (Å²) in [5.41, 5.74) is 3.51. The number of benzene rings is 2. The van der Waals surface area contributed by atoms with Crippen LogP contribution in [0.4, 0.5) is 20.3 Å². The molecule has 4 fully saturated rings. The van der Waals surface area contributed by atoms with E-state index in [1.165, 1.54) is 17.0 Å². The number of fused-ring (bicyclic) bond motifs is 2. The monoisotopic (exact) mass is 838 g/mol. The number of amides is 3. The summed E-state index contributed by atoms with van der Waals surface area (Å²) in [7, 11) is 0. The van der Waals surface area contributed by atoms with Crippen LogP contribution < -0.4 is 19.9 Å². The Morgan fingerprint density at radius 2 is 1.49 bits per heavy atom. The van der Waals surface area contributed by atoms with Gasteiger partial charge in [-0.15, -0.1) is 0 Å². The first-order valence-corrected chi connectivity index (χ1v) is 22.2. The predicted octanol–water partition coefficient (Wildman–Crippen LogP) is 5.38. The Bertz CT molecular complexity index is 2250. The van der Waals surface area contributed by atoms with Gasteiger partial charge in [-0.05, 0) is 74.1 Å². The summed E-state index contributed by atoms with van der Waals surface area (Å²) in [4.78, 5) is 57.5. The Morgan fingerprint density at radius 3 is 2.18 bits per heavy atom. The van der Waals surface area contributed by atoms with Gasteiger partial charge in [0.2, 0.25) is 11.8 Å². The topological polar surface area (TPSA) is 143 Å². The van der Waals surface area contributed by atoms with E-state index in [0.29, 0.717) is 46.6 Å². The van der Waals surface area contributed by atoms with Gasteiger partial charge in [-0.25, -0.2) is 18.7 Å². The number of hydrogen-bond donors (Lipinski definition) is 2. The van der Waals surface area contributed by atoms with Gasteiger partial charge in [0.15, 0.2) is 11.6 Å². The first-order valence-electron chi connectivity index (χ1n) is 22.2. The SMILES string of the molecule is CCCCCOc1cc2c(-c3cc(N4CCC(CN5CCN(CC6CCN(c7cc8c(cc7F)C(=O)N(C7CCC(=O)NC7=O)C8)CC6)CC5)CC4)ncn3)n[nH]c2cc1F. The highest BCUT2D eigenvalue weighted by Gasteiger charge is 2.40. The summed E-state index contributed by atoms with van der Waals surface area (Å²) >= 11 is 0. The third kappa shape index (κ3) is 8.92. The lowest BCUT2D eigenvalue weighted by molar-refractivity contribution is -0.136. The fourth-order valence-corrected chi connectivity index (χ4v) is 9.91. The van der Waals surface area contributed by atoms with Crippen LogP contribution in [-0.4, -0.2) is 131 Å². The lowest BCUT2D eigenvalue weighted by atomic mass is 9.94. The average molecular weight is 839 g/mol. The molecule has 324 valence electrons. The summed E-state index contributed by atoms with van der Waals surface area (Å²) in [6, 6.07) is 7.56. The molecule has 5 aliphatic heterocycles. The van der Waals surface area contributed by atoms with Gasteiger partial charge in [0, 0.05) is 101 Å². The highest BCUT2D eigenvalue weighted by molar-refractivity contribution is 6.05. The average Bonchev–Trinajstić information content (AvgIpc) is 3.82. The van der Waals surface area contributed by atoms with Crippen LogP contribution in [0, 0.1) is 23.5 Å². The first-order chi connectivity index (χ1) is 29.7. The Balaban J connectivity index is 0.712. The molecule has 1 atom stereocenters. The van der Waals surface area contributed by atoms with Crippen molar-refractivity contribution >= 4 is 40.1 Å². The normalized spacial score (nSPS) is 21.1. The second-order valence-electron chi connectivity index (χ2n) is 17.5. The third-order valence-corrected chi connectivity index (χ3v) is 13.5. The summed E-state index contributed by atoms with van der Waals surface area (Å²) in [6.07, 6.45) is 9.22. The maximum atomic E-state index is 15.5. The number of aromatic amines is 1. The third-order valence-electron chi connectivity index (χ3n) is 13.5. The minimum atomic E-state index is -0.714. The van der Waals surface area contributed by atoms with Crippen molar-refractivity contribution in [1.82, 2.24) is 40.2 Å². The number of hydrogen-bond acceptors (Lipinski definition) is 11. The molecule has 5 aliphatic rings. The minimum Gasteiger partial charge on any atom is -0.490 e. The van der Waals surface area contributed by atoms with Crippen molar-refractivity contribution in [3.8, 4) is 17.1 Å². The molecule has 4 aromatic rings. The molecule has 61 heavy (non-hydrogen) atoms. The van der Waals surface area contributed by atoms with Crippen molar-refractivity contribution in [3.05, 3.63) is 59.4 Å². The molecule has 14 nitrogen and oxygen atoms in total. The summed E-state index contributed by atoms with van der Waals surface area (Å²) in [6.45, 7) is 12.6. The number of imide groups is 1. The van der Waals surface area contributed by atoms with Gasteiger partial charge in [0.25, 0.3) is 5.91 Å². The number of aromatic nitrogens is 4. The molecule has 2 aromatic carbocycles. The van der Waals surface area contributed by atoms with E-state index < -0.39 is 23.6 Å². The molecule has 0 saturated carbocycles. The molecule has 0 radical (unpaired) electrons. The van der Waals surface area contributed by atoms with E-state index in [1.54, 1.807) is 18.5 Å². The molecule has 9 rings (SSSR count). The van der Waals surface area contributed by atoms with Gasteiger partial charge in [0.1, 0.15) is 29.7 Å². The molecule has 1 unspecified atom stereocenters. The van der Waals surface area contributed by atoms with Crippen LogP contribution in [0.15, 0.2) is 36.7 Å². The van der Waals surface area contributed by atoms with Crippen LogP contribution in [0.5, 0.6) is 5.75 Å². The van der Waals surface area contributed by atoms with Gasteiger partial charge >= 0.3 is 0 Å². The molecule has 0 bridgehead atoms. The summed E-state index contributed by atoms with van der Waals surface area (Å²) in [5.74, 6) is 0.344. The molecule has 4 saturated heterocycles. The van der Waals surface area contributed by atoms with E-state index in [1.807, 2.05) is 6.07 Å². The largest absolute Gasteiger partial charge is 0.490 e. The quantitative estimate of drug-likeness (QED) is 0.133. The zero-order valence-electron chi connectivity index (χ0n) is 35.0. The Morgan fingerprint density at radius 1 is 0.787 bits per heavy atom. The number of H-pyrrole nitrogens is 1. The lowest BCUT2D eigenvalue weighted by Gasteiger charge is -2.41. The van der Waals surface area contributed by atoms with Crippen LogP contribution in [0.1, 0.15) is 80.6 Å². The van der Waals surface area contributed by atoms with Gasteiger partial charge in [-0.1, -0.05) is 19.8 Å². The number of carbonyl (C=O) groups excluding carboxylic acids is 3. The maximum Gasteiger partial charge on any atom is 0.255 e. The van der Waals surface area contributed by atoms with Gasteiger partial charge < -0.3 is 29.2 Å². The second-order valence-corrected chi connectivity index (χ2v) is 17.5. The number of nitrogens with one attached hydrogen (secondary N) is 2. The Hall–Kier alpha value is -5.22. The summed E-state index contributed by atoms with van der Waals surface area (Å²) < 4.78 is 36.0. The second kappa shape index (κ2) is 18.0. The van der Waals surface area contributed by atoms with Crippen molar-refractivity contribution in [3.63, 3.8) is 0 Å². The van der Waals surface area contributed by atoms with E-state index in [-0.39, 0.29) is 37.0 Å². The van der Waals surface area contributed by atoms with Crippen molar-refractivity contribution < 1.29 is 27.9 Å². The number of nitrogens with zero attached hydrogens (tertiary/aromatic N) is 8. The fraction of sp³-hybridized carbons (Fsp3) is 0.556. The maximum absolute atomic E-state index is 15.5. The molecule has 0 aliphatic carbocycles.